The first-order chi connectivity index (χ1) is 8.82. The van der Waals surface area contributed by atoms with Crippen LogP contribution in [0.4, 0.5) is 4.39 Å². The zero-order valence-corrected chi connectivity index (χ0v) is 12.5. The van der Waals surface area contributed by atoms with Gasteiger partial charge in [0.05, 0.1) is 0 Å². The largest absolute Gasteiger partial charge is 0.327 e. The third-order valence-corrected chi connectivity index (χ3v) is 5.00. The smallest absolute Gasteiger partial charge is 0.126 e. The summed E-state index contributed by atoms with van der Waals surface area (Å²) in [5.74, 6) is 1.05. The second-order valence-electron chi connectivity index (χ2n) is 6.87. The summed E-state index contributed by atoms with van der Waals surface area (Å²) in [6.07, 6.45) is 3.46. The van der Waals surface area contributed by atoms with Crippen molar-refractivity contribution in [1.82, 2.24) is 0 Å². The molecule has 0 saturated heterocycles. The van der Waals surface area contributed by atoms with Crippen molar-refractivity contribution in [2.45, 2.75) is 58.4 Å². The fourth-order valence-electron chi connectivity index (χ4n) is 3.53. The highest BCUT2D eigenvalue weighted by Gasteiger charge is 2.38. The van der Waals surface area contributed by atoms with E-state index in [4.69, 9.17) is 5.73 Å². The highest BCUT2D eigenvalue weighted by atomic mass is 19.1. The fourth-order valence-corrected chi connectivity index (χ4v) is 3.53. The normalized spacial score (nSPS) is 28.4. The van der Waals surface area contributed by atoms with Crippen LogP contribution < -0.4 is 5.73 Å². The summed E-state index contributed by atoms with van der Waals surface area (Å²) in [7, 11) is 0. The van der Waals surface area contributed by atoms with E-state index in [0.717, 1.165) is 24.3 Å². The molecule has 1 aromatic rings. The van der Waals surface area contributed by atoms with E-state index in [9.17, 15) is 4.39 Å². The maximum atomic E-state index is 13.8. The number of hydrogen-bond donors (Lipinski definition) is 1. The number of hydrogen-bond acceptors (Lipinski definition) is 1. The Balaban J connectivity index is 2.28. The number of benzene rings is 1. The second-order valence-corrected chi connectivity index (χ2v) is 6.87. The van der Waals surface area contributed by atoms with Crippen LogP contribution >= 0.6 is 0 Å². The Morgan fingerprint density at radius 2 is 1.95 bits per heavy atom. The number of halogens is 1. The zero-order valence-electron chi connectivity index (χ0n) is 12.5. The predicted octanol–water partition coefficient (Wildman–Crippen LogP) is 4.18. The fraction of sp³-hybridized carbons (Fsp3) is 0.647. The Hall–Kier alpha value is -0.890. The molecule has 3 atom stereocenters. The molecular formula is C17H26FN. The Morgan fingerprint density at radius 3 is 2.53 bits per heavy atom. The van der Waals surface area contributed by atoms with E-state index in [1.165, 1.54) is 6.42 Å². The standard InChI is InChI=1S/C17H26FN/c1-11-5-8-14(16(19)9-11)17(3,4)13-7-6-12(2)15(18)10-13/h6-7,10-11,14,16H,5,8-9,19H2,1-4H3. The lowest BCUT2D eigenvalue weighted by Gasteiger charge is -2.43. The monoisotopic (exact) mass is 263 g/mol. The highest BCUT2D eigenvalue weighted by Crippen LogP contribution is 2.41. The van der Waals surface area contributed by atoms with Crippen LogP contribution in [0.15, 0.2) is 18.2 Å². The van der Waals surface area contributed by atoms with Crippen LogP contribution in [0, 0.1) is 24.6 Å². The molecule has 0 radical (unpaired) electrons. The van der Waals surface area contributed by atoms with Crippen LogP contribution in [-0.2, 0) is 5.41 Å². The number of rotatable bonds is 2. The summed E-state index contributed by atoms with van der Waals surface area (Å²) in [4.78, 5) is 0. The predicted molar refractivity (Wildman–Crippen MR) is 78.6 cm³/mol. The lowest BCUT2D eigenvalue weighted by molar-refractivity contribution is 0.171. The SMILES string of the molecule is Cc1ccc(C(C)(C)C2CCC(C)CC2N)cc1F. The van der Waals surface area contributed by atoms with Gasteiger partial charge in [-0.15, -0.1) is 0 Å². The molecule has 0 amide bonds. The van der Waals surface area contributed by atoms with Crippen molar-refractivity contribution < 1.29 is 4.39 Å². The van der Waals surface area contributed by atoms with Gasteiger partial charge in [-0.1, -0.05) is 39.3 Å². The summed E-state index contributed by atoms with van der Waals surface area (Å²) in [6.45, 7) is 8.49. The minimum atomic E-state index is -0.108. The Kier molecular flexibility index (Phi) is 4.00. The molecule has 1 saturated carbocycles. The first kappa shape index (κ1) is 14.5. The van der Waals surface area contributed by atoms with Crippen LogP contribution in [-0.4, -0.2) is 6.04 Å². The summed E-state index contributed by atoms with van der Waals surface area (Å²) in [5.41, 5.74) is 8.09. The van der Waals surface area contributed by atoms with E-state index in [2.05, 4.69) is 26.8 Å². The third-order valence-electron chi connectivity index (χ3n) is 5.00. The van der Waals surface area contributed by atoms with Crippen molar-refractivity contribution >= 4 is 0 Å². The molecule has 1 fully saturated rings. The summed E-state index contributed by atoms with van der Waals surface area (Å²) in [5, 5.41) is 0. The maximum absolute atomic E-state index is 13.8. The number of aryl methyl sites for hydroxylation is 1. The molecule has 0 aromatic heterocycles. The van der Waals surface area contributed by atoms with Crippen molar-refractivity contribution in [3.8, 4) is 0 Å². The van der Waals surface area contributed by atoms with Crippen LogP contribution in [0.25, 0.3) is 0 Å². The third kappa shape index (κ3) is 2.84. The molecule has 1 aliphatic rings. The summed E-state index contributed by atoms with van der Waals surface area (Å²) in [6, 6.07) is 5.86. The van der Waals surface area contributed by atoms with Gasteiger partial charge in [0.25, 0.3) is 0 Å². The molecule has 2 N–H and O–H groups in total. The number of nitrogens with two attached hydrogens (primary N) is 1. The minimum absolute atomic E-state index is 0.0614. The molecule has 2 rings (SSSR count). The van der Waals surface area contributed by atoms with Crippen LogP contribution in [0.1, 0.15) is 51.2 Å². The van der Waals surface area contributed by atoms with E-state index >= 15 is 0 Å². The van der Waals surface area contributed by atoms with Crippen molar-refractivity contribution in [3.63, 3.8) is 0 Å². The molecule has 1 nitrogen and oxygen atoms in total. The molecule has 106 valence electrons. The van der Waals surface area contributed by atoms with Crippen LogP contribution in [0.2, 0.25) is 0 Å². The van der Waals surface area contributed by atoms with E-state index in [0.29, 0.717) is 11.5 Å². The lowest BCUT2D eigenvalue weighted by Crippen LogP contribution is -2.45. The average Bonchev–Trinajstić information content (AvgIpc) is 2.32. The van der Waals surface area contributed by atoms with Gasteiger partial charge in [-0.2, -0.15) is 0 Å². The van der Waals surface area contributed by atoms with E-state index in [1.807, 2.05) is 6.07 Å². The van der Waals surface area contributed by atoms with E-state index in [1.54, 1.807) is 13.0 Å². The van der Waals surface area contributed by atoms with Crippen molar-refractivity contribution in [2.24, 2.45) is 17.6 Å². The molecule has 0 aliphatic heterocycles. The second kappa shape index (κ2) is 5.24. The van der Waals surface area contributed by atoms with Gasteiger partial charge < -0.3 is 5.73 Å². The maximum Gasteiger partial charge on any atom is 0.126 e. The van der Waals surface area contributed by atoms with Crippen LogP contribution in [0.3, 0.4) is 0 Å². The summed E-state index contributed by atoms with van der Waals surface area (Å²) < 4.78 is 13.8. The highest BCUT2D eigenvalue weighted by molar-refractivity contribution is 5.30. The lowest BCUT2D eigenvalue weighted by atomic mass is 9.64. The van der Waals surface area contributed by atoms with E-state index < -0.39 is 0 Å². The van der Waals surface area contributed by atoms with E-state index in [-0.39, 0.29) is 17.3 Å². The molecular weight excluding hydrogens is 237 g/mol. The first-order valence-electron chi connectivity index (χ1n) is 7.34. The van der Waals surface area contributed by atoms with Gasteiger partial charge in [0.15, 0.2) is 0 Å². The Morgan fingerprint density at radius 1 is 1.26 bits per heavy atom. The molecule has 1 aliphatic carbocycles. The summed E-state index contributed by atoms with van der Waals surface area (Å²) >= 11 is 0. The quantitative estimate of drug-likeness (QED) is 0.851. The molecule has 19 heavy (non-hydrogen) atoms. The molecule has 0 bridgehead atoms. The topological polar surface area (TPSA) is 26.0 Å². The van der Waals surface area contributed by atoms with Gasteiger partial charge in [0.2, 0.25) is 0 Å². The van der Waals surface area contributed by atoms with Gasteiger partial charge >= 0.3 is 0 Å². The molecule has 3 unspecified atom stereocenters. The van der Waals surface area contributed by atoms with Gasteiger partial charge in [-0.3, -0.25) is 0 Å². The Bertz CT molecular complexity index is 453. The van der Waals surface area contributed by atoms with Crippen molar-refractivity contribution in [2.75, 3.05) is 0 Å². The van der Waals surface area contributed by atoms with Crippen molar-refractivity contribution in [3.05, 3.63) is 35.1 Å². The molecule has 2 heteroatoms. The average molecular weight is 263 g/mol. The molecule has 0 heterocycles. The van der Waals surface area contributed by atoms with Gasteiger partial charge in [0.1, 0.15) is 5.82 Å². The first-order valence-corrected chi connectivity index (χ1v) is 7.34. The molecule has 1 aromatic carbocycles. The minimum Gasteiger partial charge on any atom is -0.327 e. The molecule has 0 spiro atoms. The van der Waals surface area contributed by atoms with Gasteiger partial charge in [-0.05, 0) is 54.2 Å². The van der Waals surface area contributed by atoms with Crippen molar-refractivity contribution in [1.29, 1.82) is 0 Å². The van der Waals surface area contributed by atoms with Gasteiger partial charge in [0, 0.05) is 6.04 Å². The van der Waals surface area contributed by atoms with Gasteiger partial charge in [-0.25, -0.2) is 4.39 Å². The van der Waals surface area contributed by atoms with Crippen LogP contribution in [0.5, 0.6) is 0 Å². The Labute approximate surface area is 116 Å². The zero-order chi connectivity index (χ0) is 14.2.